The quantitative estimate of drug-likeness (QED) is 0.467. The van der Waals surface area contributed by atoms with Crippen molar-refractivity contribution in [2.24, 2.45) is 5.73 Å². The number of nitrogens with two attached hydrogens (primary N) is 1. The highest BCUT2D eigenvalue weighted by molar-refractivity contribution is 7.89. The van der Waals surface area contributed by atoms with Gasteiger partial charge in [-0.3, -0.25) is 4.55 Å². The molecule has 0 aliphatic heterocycles. The minimum absolute atomic E-state index is 0.334. The maximum Gasteiger partial charge on any atom is 0.265 e. The number of hydrogen-bond acceptors (Lipinski definition) is 5. The summed E-state index contributed by atoms with van der Waals surface area (Å²) in [5, 5.41) is -0.386. The summed E-state index contributed by atoms with van der Waals surface area (Å²) in [5.41, 5.74) is 5.63. The molecule has 7 heteroatoms. The van der Waals surface area contributed by atoms with Gasteiger partial charge < -0.3 is 5.73 Å². The second-order valence-electron chi connectivity index (χ2n) is 3.98. The van der Waals surface area contributed by atoms with Crippen molar-refractivity contribution in [3.63, 3.8) is 0 Å². The van der Waals surface area contributed by atoms with E-state index in [2.05, 4.69) is 25.3 Å². The summed E-state index contributed by atoms with van der Waals surface area (Å²) in [4.78, 5) is 0. The highest BCUT2D eigenvalue weighted by atomic mass is 32.2. The highest BCUT2D eigenvalue weighted by Gasteiger charge is 2.10. The largest absolute Gasteiger partial charge is 0.328 e. The summed E-state index contributed by atoms with van der Waals surface area (Å²) >= 11 is 7.58. The van der Waals surface area contributed by atoms with Crippen LogP contribution in [0.25, 0.3) is 0 Å². The summed E-state index contributed by atoms with van der Waals surface area (Å²) in [6, 6.07) is 0.536. The normalized spacial score (nSPS) is 19.8. The zero-order chi connectivity index (χ0) is 12.6. The van der Waals surface area contributed by atoms with Crippen LogP contribution in [0.1, 0.15) is 32.1 Å². The van der Waals surface area contributed by atoms with E-state index in [9.17, 15) is 8.42 Å². The molecule has 1 aliphatic rings. The van der Waals surface area contributed by atoms with Crippen LogP contribution in [0.4, 0.5) is 0 Å². The van der Waals surface area contributed by atoms with Crippen molar-refractivity contribution in [2.75, 3.05) is 11.5 Å². The van der Waals surface area contributed by atoms with Gasteiger partial charge in [-0.2, -0.15) is 33.7 Å². The lowest BCUT2D eigenvalue weighted by Gasteiger charge is -2.15. The zero-order valence-electron chi connectivity index (χ0n) is 9.25. The molecule has 4 nitrogen and oxygen atoms in total. The Balaban J connectivity index is 0.000000288. The second kappa shape index (κ2) is 8.63. The van der Waals surface area contributed by atoms with Gasteiger partial charge in [0.2, 0.25) is 0 Å². The second-order valence-corrected chi connectivity index (χ2v) is 6.58. The van der Waals surface area contributed by atoms with Crippen molar-refractivity contribution in [3.05, 3.63) is 0 Å². The zero-order valence-corrected chi connectivity index (χ0v) is 11.9. The van der Waals surface area contributed by atoms with E-state index in [4.69, 9.17) is 10.3 Å². The van der Waals surface area contributed by atoms with Gasteiger partial charge in [0, 0.05) is 17.0 Å². The number of thiol groups is 2. The first-order valence-electron chi connectivity index (χ1n) is 5.35. The summed E-state index contributed by atoms with van der Waals surface area (Å²) in [6.45, 7) is 0. The molecule has 1 aliphatic carbocycles. The lowest BCUT2D eigenvalue weighted by Crippen LogP contribution is -2.22. The van der Waals surface area contributed by atoms with E-state index in [0.717, 1.165) is 0 Å². The lowest BCUT2D eigenvalue weighted by atomic mass is 9.97. The van der Waals surface area contributed by atoms with Crippen LogP contribution in [0.15, 0.2) is 0 Å². The lowest BCUT2D eigenvalue weighted by molar-refractivity contribution is 0.441. The highest BCUT2D eigenvalue weighted by Crippen LogP contribution is 2.14. The van der Waals surface area contributed by atoms with Gasteiger partial charge in [0.15, 0.2) is 0 Å². The van der Waals surface area contributed by atoms with E-state index in [1.165, 1.54) is 32.1 Å². The van der Waals surface area contributed by atoms with Gasteiger partial charge in [0.1, 0.15) is 0 Å². The van der Waals surface area contributed by atoms with Gasteiger partial charge in [-0.25, -0.2) is 0 Å². The van der Waals surface area contributed by atoms with Crippen LogP contribution in [0.5, 0.6) is 0 Å². The third kappa shape index (κ3) is 11.1. The summed E-state index contributed by atoms with van der Waals surface area (Å²) in [5.74, 6) is 0.00249. The first-order valence-corrected chi connectivity index (χ1v) is 8.10. The topological polar surface area (TPSA) is 80.4 Å². The minimum atomic E-state index is -3.86. The molecule has 1 fully saturated rings. The third-order valence-electron chi connectivity index (χ3n) is 2.26. The first kappa shape index (κ1) is 16.6. The molecule has 0 bridgehead atoms. The molecule has 0 amide bonds. The molecular weight excluding hydrogens is 266 g/mol. The monoisotopic (exact) mass is 287 g/mol. The molecule has 0 aromatic heterocycles. The average molecular weight is 287 g/mol. The Hall–Kier alpha value is 0.570. The summed E-state index contributed by atoms with van der Waals surface area (Å²) in [6.07, 6.45) is 6.66. The van der Waals surface area contributed by atoms with Crippen molar-refractivity contribution in [2.45, 2.75) is 43.4 Å². The van der Waals surface area contributed by atoms with E-state index < -0.39 is 10.1 Å². The molecule has 1 rings (SSSR count). The first-order chi connectivity index (χ1) is 7.35. The van der Waals surface area contributed by atoms with Gasteiger partial charge in [0.05, 0.1) is 5.75 Å². The Morgan fingerprint density at radius 1 is 1.31 bits per heavy atom. The molecule has 1 unspecified atom stereocenters. The molecule has 0 heterocycles. The van der Waals surface area contributed by atoms with Crippen LogP contribution >= 0.6 is 25.3 Å². The molecule has 1 atom stereocenters. The number of hydrogen-bond donors (Lipinski definition) is 4. The fourth-order valence-electron chi connectivity index (χ4n) is 1.43. The van der Waals surface area contributed by atoms with Gasteiger partial charge in [-0.1, -0.05) is 19.3 Å². The van der Waals surface area contributed by atoms with Crippen LogP contribution in [0.3, 0.4) is 0 Å². The van der Waals surface area contributed by atoms with Crippen LogP contribution in [0.2, 0.25) is 0 Å². The maximum atomic E-state index is 10.1. The molecule has 0 aromatic rings. The molecular formula is C9H21NO3S3. The Labute approximate surface area is 109 Å². The van der Waals surface area contributed by atoms with E-state index in [1.807, 2.05) is 0 Å². The van der Waals surface area contributed by atoms with E-state index in [0.29, 0.717) is 11.8 Å². The Kier molecular flexibility index (Phi) is 8.94. The van der Waals surface area contributed by atoms with Gasteiger partial charge in [-0.15, -0.1) is 0 Å². The molecule has 0 radical (unpaired) electrons. The fourth-order valence-corrected chi connectivity index (χ4v) is 2.90. The third-order valence-corrected chi connectivity index (χ3v) is 4.43. The number of rotatable bonds is 3. The van der Waals surface area contributed by atoms with E-state index in [1.54, 1.807) is 0 Å². The molecule has 0 saturated heterocycles. The van der Waals surface area contributed by atoms with Crippen LogP contribution in [-0.2, 0) is 10.1 Å². The van der Waals surface area contributed by atoms with Crippen LogP contribution < -0.4 is 5.73 Å². The van der Waals surface area contributed by atoms with Crippen molar-refractivity contribution in [3.8, 4) is 0 Å². The van der Waals surface area contributed by atoms with Crippen molar-refractivity contribution < 1.29 is 13.0 Å². The predicted octanol–water partition coefficient (Wildman–Crippen LogP) is 1.38. The fraction of sp³-hybridized carbons (Fsp3) is 1.00. The minimum Gasteiger partial charge on any atom is -0.328 e. The van der Waals surface area contributed by atoms with Crippen LogP contribution in [0, 0.1) is 0 Å². The van der Waals surface area contributed by atoms with Crippen LogP contribution in [-0.4, -0.2) is 35.8 Å². The standard InChI is InChI=1S/C6H13N.C3H8O3S3/c7-6-4-2-1-3-5-6;4-9(5,6)2-3(8)1-7/h6H,1-5,7H2;3,7-8H,1-2H2,(H,4,5,6). The molecule has 98 valence electrons. The molecule has 0 aromatic carbocycles. The SMILES string of the molecule is NC1CCCCC1.O=S(=O)(O)CC(S)CS. The smallest absolute Gasteiger partial charge is 0.265 e. The Morgan fingerprint density at radius 3 is 2.00 bits per heavy atom. The van der Waals surface area contributed by atoms with Crippen molar-refractivity contribution in [1.29, 1.82) is 0 Å². The molecule has 3 N–H and O–H groups in total. The Bertz CT molecular complexity index is 263. The molecule has 1 saturated carbocycles. The van der Waals surface area contributed by atoms with E-state index in [-0.39, 0.29) is 11.0 Å². The van der Waals surface area contributed by atoms with Crippen molar-refractivity contribution in [1.82, 2.24) is 0 Å². The van der Waals surface area contributed by atoms with Gasteiger partial charge in [-0.05, 0) is 12.8 Å². The molecule has 0 spiro atoms. The van der Waals surface area contributed by atoms with Gasteiger partial charge >= 0.3 is 0 Å². The summed E-state index contributed by atoms with van der Waals surface area (Å²) < 4.78 is 28.4. The van der Waals surface area contributed by atoms with E-state index >= 15 is 0 Å². The Morgan fingerprint density at radius 2 is 1.81 bits per heavy atom. The summed E-state index contributed by atoms with van der Waals surface area (Å²) in [7, 11) is -3.86. The van der Waals surface area contributed by atoms with Gasteiger partial charge in [0.25, 0.3) is 10.1 Å². The van der Waals surface area contributed by atoms with Crippen molar-refractivity contribution >= 4 is 35.4 Å². The molecule has 16 heavy (non-hydrogen) atoms. The predicted molar refractivity (Wildman–Crippen MR) is 74.1 cm³/mol. The average Bonchev–Trinajstić information content (AvgIpc) is 2.17. The maximum absolute atomic E-state index is 10.1.